The average Bonchev–Trinajstić information content (AvgIpc) is 2.99. The largest absolute Gasteiger partial charge is 0.491 e. The van der Waals surface area contributed by atoms with Crippen molar-refractivity contribution in [3.8, 4) is 0 Å². The molecule has 1 aliphatic carbocycles. The summed E-state index contributed by atoms with van der Waals surface area (Å²) in [6, 6.07) is 1.09. The second kappa shape index (κ2) is 9.32. The van der Waals surface area contributed by atoms with Crippen LogP contribution in [0.4, 0.5) is 28.7 Å². The molecule has 1 aromatic rings. The fraction of sp³-hybridized carbons (Fsp3) is 0.412. The Morgan fingerprint density at radius 1 is 1.19 bits per heavy atom. The number of anilines is 1. The van der Waals surface area contributed by atoms with E-state index in [1.165, 1.54) is 12.3 Å². The summed E-state index contributed by atoms with van der Waals surface area (Å²) in [4.78, 5) is 53.5. The van der Waals surface area contributed by atoms with Gasteiger partial charge >= 0.3 is 18.2 Å². The lowest BCUT2D eigenvalue weighted by Crippen LogP contribution is -2.42. The third kappa shape index (κ3) is 6.41. The maximum Gasteiger partial charge on any atom is 0.491 e. The first-order valence-corrected chi connectivity index (χ1v) is 9.86. The van der Waals surface area contributed by atoms with Crippen LogP contribution < -0.4 is 16.0 Å². The lowest BCUT2D eigenvalue weighted by molar-refractivity contribution is -0.192. The molecule has 2 heterocycles. The molecule has 0 aromatic carbocycles. The van der Waals surface area contributed by atoms with Crippen LogP contribution in [0.5, 0.6) is 0 Å². The standard InChI is InChI=1S/C17H16F3N5O5S/c18-17(19,20)13(27)30-15(28)24-9-3-1-8(2-4-9)22-14-21-6-5-10(23-14)7-11-12(26)25-16(29)31-11/h5-9H,1-4H2,(H,24,28)(H,21,22,23)(H,25,26,29)/b11-7-. The SMILES string of the molecule is O=C(NC1CCC(Nc2nccc(/C=C3\SC(=O)NC3=O)n2)CC1)OC(=O)C(F)(F)F. The fourth-order valence-corrected chi connectivity index (χ4v) is 3.65. The minimum absolute atomic E-state index is 0.0560. The maximum absolute atomic E-state index is 12.1. The van der Waals surface area contributed by atoms with Gasteiger partial charge in [-0.25, -0.2) is 19.6 Å². The summed E-state index contributed by atoms with van der Waals surface area (Å²) in [6.07, 6.45) is -1.73. The molecule has 0 bridgehead atoms. The lowest BCUT2D eigenvalue weighted by atomic mass is 9.91. The van der Waals surface area contributed by atoms with E-state index in [1.54, 1.807) is 6.07 Å². The second-order valence-electron chi connectivity index (χ2n) is 6.67. The van der Waals surface area contributed by atoms with E-state index < -0.39 is 35.4 Å². The number of esters is 1. The molecule has 3 N–H and O–H groups in total. The summed E-state index contributed by atoms with van der Waals surface area (Å²) >= 11 is 0.772. The Balaban J connectivity index is 1.48. The lowest BCUT2D eigenvalue weighted by Gasteiger charge is -2.29. The summed E-state index contributed by atoms with van der Waals surface area (Å²) in [6.45, 7) is 0. The van der Waals surface area contributed by atoms with Gasteiger partial charge in [-0.2, -0.15) is 13.2 Å². The van der Waals surface area contributed by atoms with Crippen LogP contribution in [0.2, 0.25) is 0 Å². The number of alkyl halides is 3. The molecule has 166 valence electrons. The topological polar surface area (TPSA) is 139 Å². The van der Waals surface area contributed by atoms with Gasteiger partial charge in [0.25, 0.3) is 11.1 Å². The van der Waals surface area contributed by atoms with Crippen LogP contribution >= 0.6 is 11.8 Å². The molecule has 10 nitrogen and oxygen atoms in total. The minimum Gasteiger partial charge on any atom is -0.369 e. The van der Waals surface area contributed by atoms with Crippen LogP contribution in [0.25, 0.3) is 6.08 Å². The predicted octanol–water partition coefficient (Wildman–Crippen LogP) is 2.34. The predicted molar refractivity (Wildman–Crippen MR) is 101 cm³/mol. The third-order valence-electron chi connectivity index (χ3n) is 4.40. The number of amides is 3. The first-order valence-electron chi connectivity index (χ1n) is 9.04. The Labute approximate surface area is 177 Å². The van der Waals surface area contributed by atoms with Crippen LogP contribution in [-0.2, 0) is 14.3 Å². The van der Waals surface area contributed by atoms with Gasteiger partial charge in [0, 0.05) is 18.3 Å². The number of nitrogens with zero attached hydrogens (tertiary/aromatic N) is 2. The van der Waals surface area contributed by atoms with E-state index in [0.717, 1.165) is 11.8 Å². The monoisotopic (exact) mass is 459 g/mol. The normalized spacial score (nSPS) is 22.7. The van der Waals surface area contributed by atoms with Gasteiger partial charge in [-0.05, 0) is 49.6 Å². The van der Waals surface area contributed by atoms with Crippen molar-refractivity contribution in [1.29, 1.82) is 0 Å². The molecule has 0 radical (unpaired) electrons. The highest BCUT2D eigenvalue weighted by Crippen LogP contribution is 2.26. The molecule has 31 heavy (non-hydrogen) atoms. The Kier molecular flexibility index (Phi) is 6.77. The molecule has 1 saturated carbocycles. The van der Waals surface area contributed by atoms with Crippen LogP contribution in [0.3, 0.4) is 0 Å². The number of carbonyl (C=O) groups is 4. The molecule has 0 spiro atoms. The van der Waals surface area contributed by atoms with Gasteiger partial charge in [-0.15, -0.1) is 0 Å². The molecule has 14 heteroatoms. The molecule has 1 aromatic heterocycles. The van der Waals surface area contributed by atoms with Crippen LogP contribution in [0.15, 0.2) is 17.2 Å². The number of ether oxygens (including phenoxy) is 1. The molecule has 0 unspecified atom stereocenters. The van der Waals surface area contributed by atoms with Crippen molar-refractivity contribution in [2.75, 3.05) is 5.32 Å². The first kappa shape index (κ1) is 22.5. The van der Waals surface area contributed by atoms with E-state index in [0.29, 0.717) is 37.3 Å². The molecule has 3 amide bonds. The molecular formula is C17H16F3N5O5S. The van der Waals surface area contributed by atoms with Crippen molar-refractivity contribution >= 4 is 47.0 Å². The highest BCUT2D eigenvalue weighted by molar-refractivity contribution is 8.18. The van der Waals surface area contributed by atoms with Crippen LogP contribution in [0.1, 0.15) is 31.4 Å². The quantitative estimate of drug-likeness (QED) is 0.352. The van der Waals surface area contributed by atoms with Crippen LogP contribution in [-0.4, -0.2) is 51.4 Å². The number of carbonyl (C=O) groups excluding carboxylic acids is 4. The highest BCUT2D eigenvalue weighted by Gasteiger charge is 2.42. The van der Waals surface area contributed by atoms with E-state index in [4.69, 9.17) is 0 Å². The smallest absolute Gasteiger partial charge is 0.369 e. The zero-order valence-corrected chi connectivity index (χ0v) is 16.5. The van der Waals surface area contributed by atoms with E-state index in [9.17, 15) is 32.3 Å². The van der Waals surface area contributed by atoms with Gasteiger partial charge in [0.15, 0.2) is 0 Å². The molecular weight excluding hydrogens is 443 g/mol. The number of aromatic nitrogens is 2. The van der Waals surface area contributed by atoms with E-state index >= 15 is 0 Å². The summed E-state index contributed by atoms with van der Waals surface area (Å²) in [5.74, 6) is -2.76. The van der Waals surface area contributed by atoms with Crippen molar-refractivity contribution in [3.05, 3.63) is 22.9 Å². The molecule has 0 atom stereocenters. The fourth-order valence-electron chi connectivity index (χ4n) is 2.98. The van der Waals surface area contributed by atoms with E-state index in [1.807, 2.05) is 0 Å². The summed E-state index contributed by atoms with van der Waals surface area (Å²) in [7, 11) is 0. The van der Waals surface area contributed by atoms with Gasteiger partial charge in [0.1, 0.15) is 0 Å². The van der Waals surface area contributed by atoms with Crippen molar-refractivity contribution in [1.82, 2.24) is 20.6 Å². The molecule has 1 aliphatic heterocycles. The number of alkyl carbamates (subject to hydrolysis) is 1. The van der Waals surface area contributed by atoms with Gasteiger partial charge in [-0.3, -0.25) is 14.9 Å². The number of nitrogens with one attached hydrogen (secondary N) is 3. The Bertz CT molecular complexity index is 931. The maximum atomic E-state index is 12.1. The number of halogens is 3. The van der Waals surface area contributed by atoms with Crippen molar-refractivity contribution in [2.45, 2.75) is 43.9 Å². The first-order chi connectivity index (χ1) is 14.6. The summed E-state index contributed by atoms with van der Waals surface area (Å²) in [5, 5.41) is 7.06. The Morgan fingerprint density at radius 2 is 1.87 bits per heavy atom. The number of hydrogen-bond acceptors (Lipinski definition) is 9. The Hall–Kier alpha value is -3.16. The van der Waals surface area contributed by atoms with Crippen molar-refractivity contribution < 1.29 is 37.1 Å². The average molecular weight is 459 g/mol. The summed E-state index contributed by atoms with van der Waals surface area (Å²) in [5.41, 5.74) is 0.428. The highest BCUT2D eigenvalue weighted by atomic mass is 32.2. The Morgan fingerprint density at radius 3 is 2.48 bits per heavy atom. The van der Waals surface area contributed by atoms with Crippen molar-refractivity contribution in [2.24, 2.45) is 0 Å². The van der Waals surface area contributed by atoms with Gasteiger partial charge < -0.3 is 15.4 Å². The van der Waals surface area contributed by atoms with Gasteiger partial charge in [0.05, 0.1) is 10.6 Å². The third-order valence-corrected chi connectivity index (χ3v) is 5.21. The number of imide groups is 1. The summed E-state index contributed by atoms with van der Waals surface area (Å²) < 4.78 is 40.0. The molecule has 2 fully saturated rings. The van der Waals surface area contributed by atoms with Gasteiger partial charge in [0.2, 0.25) is 5.95 Å². The number of hydrogen-bond donors (Lipinski definition) is 3. The van der Waals surface area contributed by atoms with E-state index in [-0.39, 0.29) is 10.9 Å². The van der Waals surface area contributed by atoms with Gasteiger partial charge in [-0.1, -0.05) is 0 Å². The molecule has 2 aliphatic rings. The number of rotatable bonds is 4. The van der Waals surface area contributed by atoms with Crippen LogP contribution in [0, 0.1) is 0 Å². The number of thioether (sulfide) groups is 1. The van der Waals surface area contributed by atoms with Crippen molar-refractivity contribution in [3.63, 3.8) is 0 Å². The van der Waals surface area contributed by atoms with E-state index in [2.05, 4.69) is 30.7 Å². The molecule has 3 rings (SSSR count). The zero-order chi connectivity index (χ0) is 22.6. The second-order valence-corrected chi connectivity index (χ2v) is 7.68. The molecule has 1 saturated heterocycles. The minimum atomic E-state index is -5.24. The zero-order valence-electron chi connectivity index (χ0n) is 15.7.